The van der Waals surface area contributed by atoms with Crippen LogP contribution in [-0.4, -0.2) is 32.3 Å². The zero-order valence-corrected chi connectivity index (χ0v) is 16.4. The van der Waals surface area contributed by atoms with Crippen molar-refractivity contribution in [1.29, 1.82) is 0 Å². The van der Waals surface area contributed by atoms with Crippen LogP contribution in [0.25, 0.3) is 0 Å². The van der Waals surface area contributed by atoms with Gasteiger partial charge in [0.05, 0.1) is 5.56 Å². The van der Waals surface area contributed by atoms with Crippen LogP contribution in [0.3, 0.4) is 0 Å². The molecule has 0 spiro atoms. The number of halogens is 4. The van der Waals surface area contributed by atoms with E-state index in [1.54, 1.807) is 6.07 Å². The summed E-state index contributed by atoms with van der Waals surface area (Å²) < 4.78 is 48.5. The zero-order chi connectivity index (χ0) is 20.9. The van der Waals surface area contributed by atoms with Gasteiger partial charge in [-0.3, -0.25) is 4.79 Å². The lowest BCUT2D eigenvalue weighted by Crippen LogP contribution is -2.45. The van der Waals surface area contributed by atoms with Gasteiger partial charge in [0.25, 0.3) is 5.91 Å². The lowest BCUT2D eigenvalue weighted by Gasteiger charge is -2.38. The van der Waals surface area contributed by atoms with E-state index in [4.69, 9.17) is 21.1 Å². The molecule has 0 radical (unpaired) electrons. The van der Waals surface area contributed by atoms with Gasteiger partial charge in [0.15, 0.2) is 6.61 Å². The van der Waals surface area contributed by atoms with Gasteiger partial charge in [-0.1, -0.05) is 23.7 Å². The minimum atomic E-state index is -4.41. The van der Waals surface area contributed by atoms with Crippen LogP contribution in [0.4, 0.5) is 13.2 Å². The van der Waals surface area contributed by atoms with Crippen molar-refractivity contribution in [3.8, 4) is 5.75 Å². The van der Waals surface area contributed by atoms with Crippen molar-refractivity contribution in [3.63, 3.8) is 0 Å². The molecule has 2 aromatic rings. The minimum Gasteiger partial charge on any atom is -0.484 e. The monoisotopic (exact) mass is 427 g/mol. The highest BCUT2D eigenvalue weighted by Crippen LogP contribution is 2.35. The topological polar surface area (TPSA) is 47.6 Å². The second-order valence-corrected chi connectivity index (χ2v) is 7.43. The Kier molecular flexibility index (Phi) is 6.70. The average Bonchev–Trinajstić information content (AvgIpc) is 2.71. The molecule has 0 atom stereocenters. The molecule has 156 valence electrons. The Balaban J connectivity index is 1.58. The number of rotatable bonds is 6. The molecule has 3 rings (SSSR count). The highest BCUT2D eigenvalue weighted by Gasteiger charge is 2.35. The number of alkyl halides is 3. The number of amides is 1. The zero-order valence-electron chi connectivity index (χ0n) is 15.6. The lowest BCUT2D eigenvalue weighted by atomic mass is 9.74. The fraction of sp³-hybridized carbons (Fsp3) is 0.381. The van der Waals surface area contributed by atoms with Crippen molar-refractivity contribution < 1.29 is 27.4 Å². The normalized spacial score (nSPS) is 16.3. The van der Waals surface area contributed by atoms with Gasteiger partial charge in [-0.25, -0.2) is 0 Å². The summed E-state index contributed by atoms with van der Waals surface area (Å²) in [6, 6.07) is 11.8. The van der Waals surface area contributed by atoms with Crippen LogP contribution in [0.2, 0.25) is 5.02 Å². The van der Waals surface area contributed by atoms with Crippen LogP contribution >= 0.6 is 11.6 Å². The van der Waals surface area contributed by atoms with E-state index in [-0.39, 0.29) is 23.7 Å². The van der Waals surface area contributed by atoms with Gasteiger partial charge in [0, 0.05) is 30.2 Å². The Morgan fingerprint density at radius 3 is 2.45 bits per heavy atom. The molecule has 0 saturated carbocycles. The van der Waals surface area contributed by atoms with E-state index in [1.807, 2.05) is 18.2 Å². The quantitative estimate of drug-likeness (QED) is 0.732. The molecule has 1 saturated heterocycles. The summed E-state index contributed by atoms with van der Waals surface area (Å²) in [4.78, 5) is 12.3. The maximum absolute atomic E-state index is 12.6. The van der Waals surface area contributed by atoms with E-state index in [2.05, 4.69) is 5.32 Å². The van der Waals surface area contributed by atoms with Gasteiger partial charge in [-0.15, -0.1) is 0 Å². The highest BCUT2D eigenvalue weighted by molar-refractivity contribution is 6.30. The molecule has 1 amide bonds. The van der Waals surface area contributed by atoms with Gasteiger partial charge < -0.3 is 14.8 Å². The largest absolute Gasteiger partial charge is 0.484 e. The van der Waals surface area contributed by atoms with E-state index in [0.717, 1.165) is 30.5 Å². The van der Waals surface area contributed by atoms with Gasteiger partial charge in [0.2, 0.25) is 0 Å². The van der Waals surface area contributed by atoms with Crippen LogP contribution in [0.5, 0.6) is 5.75 Å². The van der Waals surface area contributed by atoms with Crippen molar-refractivity contribution in [2.75, 3.05) is 26.4 Å². The molecule has 1 fully saturated rings. The van der Waals surface area contributed by atoms with Gasteiger partial charge in [-0.2, -0.15) is 13.2 Å². The number of nitrogens with one attached hydrogen (secondary N) is 1. The Morgan fingerprint density at radius 1 is 1.14 bits per heavy atom. The summed E-state index contributed by atoms with van der Waals surface area (Å²) in [7, 11) is 0. The summed E-state index contributed by atoms with van der Waals surface area (Å²) in [5.41, 5.74) is -0.0118. The number of carbonyl (C=O) groups excluding carboxylic acids is 1. The molecule has 1 heterocycles. The maximum atomic E-state index is 12.6. The number of ether oxygens (including phenoxy) is 2. The summed E-state index contributed by atoms with van der Waals surface area (Å²) in [5, 5.41) is 3.50. The standard InChI is InChI=1S/C21H21ClF3NO3/c22-17-3-1-2-16(12-17)20(8-10-28-11-9-20)14-26-19(27)13-29-18-6-4-15(5-7-18)21(23,24)25/h1-7,12H,8-11,13-14H2,(H,26,27). The second-order valence-electron chi connectivity index (χ2n) is 6.99. The third kappa shape index (κ3) is 5.64. The smallest absolute Gasteiger partial charge is 0.416 e. The number of benzene rings is 2. The van der Waals surface area contributed by atoms with Crippen molar-refractivity contribution in [2.24, 2.45) is 0 Å². The SMILES string of the molecule is O=C(COc1ccc(C(F)(F)F)cc1)NCC1(c2cccc(Cl)c2)CCOCC1. The minimum absolute atomic E-state index is 0.198. The first-order valence-corrected chi connectivity index (χ1v) is 9.57. The Labute approximate surface area is 172 Å². The molecule has 8 heteroatoms. The molecule has 1 N–H and O–H groups in total. The predicted molar refractivity (Wildman–Crippen MR) is 103 cm³/mol. The molecule has 1 aliphatic heterocycles. The fourth-order valence-electron chi connectivity index (χ4n) is 3.36. The summed E-state index contributed by atoms with van der Waals surface area (Å²) in [6.45, 7) is 1.29. The fourth-order valence-corrected chi connectivity index (χ4v) is 3.55. The van der Waals surface area contributed by atoms with Crippen LogP contribution in [0, 0.1) is 0 Å². The van der Waals surface area contributed by atoms with Crippen molar-refractivity contribution in [3.05, 3.63) is 64.7 Å². The van der Waals surface area contributed by atoms with E-state index in [9.17, 15) is 18.0 Å². The average molecular weight is 428 g/mol. The van der Waals surface area contributed by atoms with E-state index < -0.39 is 11.7 Å². The summed E-state index contributed by atoms with van der Waals surface area (Å²) >= 11 is 6.14. The summed E-state index contributed by atoms with van der Waals surface area (Å²) in [6.07, 6.45) is -2.92. The molecule has 0 aromatic heterocycles. The summed E-state index contributed by atoms with van der Waals surface area (Å²) in [5.74, 6) is -0.151. The molecule has 0 bridgehead atoms. The Hall–Kier alpha value is -2.25. The van der Waals surface area contributed by atoms with E-state index >= 15 is 0 Å². The number of hydrogen-bond acceptors (Lipinski definition) is 3. The molecule has 0 aliphatic carbocycles. The number of carbonyl (C=O) groups is 1. The van der Waals surface area contributed by atoms with E-state index in [1.165, 1.54) is 12.1 Å². The van der Waals surface area contributed by atoms with Crippen LogP contribution in [0.15, 0.2) is 48.5 Å². The molecule has 29 heavy (non-hydrogen) atoms. The number of hydrogen-bond donors (Lipinski definition) is 1. The predicted octanol–water partition coefficient (Wildman–Crippen LogP) is 4.60. The van der Waals surface area contributed by atoms with Crippen molar-refractivity contribution in [1.82, 2.24) is 5.32 Å². The van der Waals surface area contributed by atoms with Crippen LogP contribution in [-0.2, 0) is 21.1 Å². The first-order chi connectivity index (χ1) is 13.8. The van der Waals surface area contributed by atoms with Crippen molar-refractivity contribution in [2.45, 2.75) is 24.4 Å². The second kappa shape index (κ2) is 9.05. The van der Waals surface area contributed by atoms with E-state index in [0.29, 0.717) is 24.8 Å². The van der Waals surface area contributed by atoms with Crippen LogP contribution < -0.4 is 10.1 Å². The van der Waals surface area contributed by atoms with Gasteiger partial charge >= 0.3 is 6.18 Å². The third-order valence-electron chi connectivity index (χ3n) is 5.06. The highest BCUT2D eigenvalue weighted by atomic mass is 35.5. The van der Waals surface area contributed by atoms with Gasteiger partial charge in [-0.05, 0) is 54.8 Å². The van der Waals surface area contributed by atoms with Crippen molar-refractivity contribution >= 4 is 17.5 Å². The lowest BCUT2D eigenvalue weighted by molar-refractivity contribution is -0.137. The molecule has 2 aromatic carbocycles. The Bertz CT molecular complexity index is 834. The molecule has 1 aliphatic rings. The molecule has 4 nitrogen and oxygen atoms in total. The third-order valence-corrected chi connectivity index (χ3v) is 5.30. The molecule has 0 unspecified atom stereocenters. The molecular weight excluding hydrogens is 407 g/mol. The first kappa shape index (κ1) is 21.5. The maximum Gasteiger partial charge on any atom is 0.416 e. The van der Waals surface area contributed by atoms with Crippen LogP contribution in [0.1, 0.15) is 24.0 Å². The molecular formula is C21H21ClF3NO3. The van der Waals surface area contributed by atoms with Gasteiger partial charge in [0.1, 0.15) is 5.75 Å². The first-order valence-electron chi connectivity index (χ1n) is 9.19. The Morgan fingerprint density at radius 2 is 1.83 bits per heavy atom.